The van der Waals surface area contributed by atoms with Crippen molar-refractivity contribution in [2.45, 2.75) is 26.3 Å². The number of rotatable bonds is 6. The van der Waals surface area contributed by atoms with E-state index in [1.165, 1.54) is 0 Å². The summed E-state index contributed by atoms with van der Waals surface area (Å²) in [6, 6.07) is 5.93. The van der Waals surface area contributed by atoms with Crippen molar-refractivity contribution in [2.24, 2.45) is 5.92 Å². The molecule has 1 saturated heterocycles. The number of amides is 1. The van der Waals surface area contributed by atoms with Crippen LogP contribution < -0.4 is 15.0 Å². The molecule has 0 bridgehead atoms. The van der Waals surface area contributed by atoms with Gasteiger partial charge in [-0.2, -0.15) is 0 Å². The summed E-state index contributed by atoms with van der Waals surface area (Å²) in [7, 11) is 1.67. The Morgan fingerprint density at radius 2 is 2.32 bits per heavy atom. The summed E-state index contributed by atoms with van der Waals surface area (Å²) in [4.78, 5) is 23.9. The number of nitrogens with one attached hydrogen (secondary N) is 1. The van der Waals surface area contributed by atoms with Crippen LogP contribution in [0.3, 0.4) is 0 Å². The van der Waals surface area contributed by atoms with E-state index in [1.54, 1.807) is 24.6 Å². The van der Waals surface area contributed by atoms with E-state index in [0.29, 0.717) is 13.1 Å². The Morgan fingerprint density at radius 3 is 3.11 bits per heavy atom. The van der Waals surface area contributed by atoms with Crippen LogP contribution in [0, 0.1) is 12.8 Å². The van der Waals surface area contributed by atoms with E-state index >= 15 is 0 Å². The molecule has 28 heavy (non-hydrogen) atoms. The van der Waals surface area contributed by atoms with Gasteiger partial charge in [0.2, 0.25) is 5.91 Å². The van der Waals surface area contributed by atoms with Gasteiger partial charge >= 0.3 is 0 Å². The molecule has 1 aliphatic rings. The van der Waals surface area contributed by atoms with E-state index in [1.807, 2.05) is 35.9 Å². The molecule has 3 heterocycles. The predicted molar refractivity (Wildman–Crippen MR) is 111 cm³/mol. The molecule has 1 aliphatic heterocycles. The summed E-state index contributed by atoms with van der Waals surface area (Å²) in [6.07, 6.45) is 5.64. The van der Waals surface area contributed by atoms with Gasteiger partial charge in [-0.25, -0.2) is 9.97 Å². The molecular weight excluding hydrogens is 374 g/mol. The van der Waals surface area contributed by atoms with E-state index in [2.05, 4.69) is 15.2 Å². The maximum absolute atomic E-state index is 12.6. The van der Waals surface area contributed by atoms with Crippen molar-refractivity contribution in [1.29, 1.82) is 0 Å². The summed E-state index contributed by atoms with van der Waals surface area (Å²) in [5, 5.41) is 4.07. The largest absolute Gasteiger partial charge is 0.497 e. The van der Waals surface area contributed by atoms with Crippen molar-refractivity contribution in [1.82, 2.24) is 19.9 Å². The molecule has 2 aromatic heterocycles. The molecule has 3 aromatic rings. The molecular formula is C20H25N5O2S. The van der Waals surface area contributed by atoms with Crippen molar-refractivity contribution >= 4 is 32.6 Å². The Bertz CT molecular complexity index is 967. The average Bonchev–Trinajstić information content (AvgIpc) is 3.33. The maximum atomic E-state index is 12.6. The van der Waals surface area contributed by atoms with Gasteiger partial charge in [-0.05, 0) is 38.0 Å². The quantitative estimate of drug-likeness (QED) is 0.690. The monoisotopic (exact) mass is 399 g/mol. The van der Waals surface area contributed by atoms with E-state index < -0.39 is 0 Å². The lowest BCUT2D eigenvalue weighted by Gasteiger charge is -2.31. The lowest BCUT2D eigenvalue weighted by Crippen LogP contribution is -2.43. The van der Waals surface area contributed by atoms with Crippen LogP contribution in [0.25, 0.3) is 10.2 Å². The van der Waals surface area contributed by atoms with Gasteiger partial charge in [0.15, 0.2) is 5.13 Å². The highest BCUT2D eigenvalue weighted by molar-refractivity contribution is 7.22. The van der Waals surface area contributed by atoms with Crippen LogP contribution in [-0.4, -0.2) is 47.2 Å². The number of aromatic nitrogens is 3. The Labute approximate surface area is 168 Å². The lowest BCUT2D eigenvalue weighted by atomic mass is 9.97. The van der Waals surface area contributed by atoms with Gasteiger partial charge < -0.3 is 19.5 Å². The van der Waals surface area contributed by atoms with Crippen molar-refractivity contribution in [3.05, 3.63) is 36.4 Å². The summed E-state index contributed by atoms with van der Waals surface area (Å²) in [5.41, 5.74) is 0.975. The van der Waals surface area contributed by atoms with E-state index in [4.69, 9.17) is 9.72 Å². The zero-order valence-corrected chi connectivity index (χ0v) is 17.0. The minimum Gasteiger partial charge on any atom is -0.497 e. The topological polar surface area (TPSA) is 72.3 Å². The first-order chi connectivity index (χ1) is 13.6. The molecule has 148 valence electrons. The van der Waals surface area contributed by atoms with Crippen LogP contribution in [0.2, 0.25) is 0 Å². The van der Waals surface area contributed by atoms with Crippen LogP contribution in [0.5, 0.6) is 5.75 Å². The van der Waals surface area contributed by atoms with E-state index in [9.17, 15) is 4.79 Å². The molecule has 1 amide bonds. The number of hydrogen-bond acceptors (Lipinski definition) is 6. The van der Waals surface area contributed by atoms with E-state index in [-0.39, 0.29) is 11.8 Å². The molecule has 1 N–H and O–H groups in total. The van der Waals surface area contributed by atoms with Gasteiger partial charge in [-0.3, -0.25) is 4.79 Å². The number of piperidine rings is 1. The number of methoxy groups -OCH3 is 1. The number of nitrogens with zero attached hydrogens (tertiary/aromatic N) is 4. The van der Waals surface area contributed by atoms with Crippen LogP contribution in [0.4, 0.5) is 5.13 Å². The number of fused-ring (bicyclic) bond motifs is 1. The number of imidazole rings is 1. The minimum absolute atomic E-state index is 0.000757. The Hall–Kier alpha value is -2.61. The normalized spacial score (nSPS) is 17.1. The first-order valence-corrected chi connectivity index (χ1v) is 10.4. The highest BCUT2D eigenvalue weighted by Gasteiger charge is 2.27. The standard InChI is InChI=1S/C20H25N5O2S/c1-14-21-7-10-24(14)11-8-22-19(26)15-4-3-9-25(13-15)20-23-17-6-5-16(27-2)12-18(17)28-20/h5-7,10,12,15H,3-4,8-9,11,13H2,1-2H3,(H,22,26). The lowest BCUT2D eigenvalue weighted by molar-refractivity contribution is -0.125. The Morgan fingerprint density at radius 1 is 1.43 bits per heavy atom. The van der Waals surface area contributed by atoms with Crippen LogP contribution >= 0.6 is 11.3 Å². The first-order valence-electron chi connectivity index (χ1n) is 9.59. The molecule has 1 aromatic carbocycles. The smallest absolute Gasteiger partial charge is 0.224 e. The summed E-state index contributed by atoms with van der Waals surface area (Å²) in [5.74, 6) is 1.93. The van der Waals surface area contributed by atoms with Crippen LogP contribution in [0.15, 0.2) is 30.6 Å². The fourth-order valence-corrected chi connectivity index (χ4v) is 4.63. The van der Waals surface area contributed by atoms with Gasteiger partial charge in [-0.1, -0.05) is 11.3 Å². The number of ether oxygens (including phenoxy) is 1. The third-order valence-corrected chi connectivity index (χ3v) is 6.30. The fraction of sp³-hybridized carbons (Fsp3) is 0.450. The Kier molecular flexibility index (Phi) is 5.47. The van der Waals surface area contributed by atoms with Crippen LogP contribution in [-0.2, 0) is 11.3 Å². The molecule has 0 aliphatic carbocycles. The molecule has 0 spiro atoms. The molecule has 7 nitrogen and oxygen atoms in total. The maximum Gasteiger partial charge on any atom is 0.224 e. The minimum atomic E-state index is -0.000757. The molecule has 4 rings (SSSR count). The highest BCUT2D eigenvalue weighted by Crippen LogP contribution is 2.33. The van der Waals surface area contributed by atoms with Crippen molar-refractivity contribution in [3.8, 4) is 5.75 Å². The molecule has 8 heteroatoms. The number of carbonyl (C=O) groups is 1. The summed E-state index contributed by atoms with van der Waals surface area (Å²) in [6.45, 7) is 4.98. The second kappa shape index (κ2) is 8.18. The molecule has 1 atom stereocenters. The molecule has 1 fully saturated rings. The van der Waals surface area contributed by atoms with E-state index in [0.717, 1.165) is 52.9 Å². The molecule has 1 unspecified atom stereocenters. The van der Waals surface area contributed by atoms with Crippen molar-refractivity contribution in [3.63, 3.8) is 0 Å². The van der Waals surface area contributed by atoms with Crippen molar-refractivity contribution in [2.75, 3.05) is 31.6 Å². The van der Waals surface area contributed by atoms with Gasteiger partial charge in [0, 0.05) is 38.6 Å². The average molecular weight is 400 g/mol. The van der Waals surface area contributed by atoms with Gasteiger partial charge in [0.25, 0.3) is 0 Å². The number of benzene rings is 1. The predicted octanol–water partition coefficient (Wildman–Crippen LogP) is 2.84. The number of carbonyl (C=O) groups excluding carboxylic acids is 1. The number of anilines is 1. The summed E-state index contributed by atoms with van der Waals surface area (Å²) >= 11 is 1.66. The SMILES string of the molecule is COc1ccc2nc(N3CCCC(C(=O)NCCn4ccnc4C)C3)sc2c1. The second-order valence-corrected chi connectivity index (χ2v) is 8.08. The van der Waals surface area contributed by atoms with Gasteiger partial charge in [0.05, 0.1) is 23.2 Å². The molecule has 0 radical (unpaired) electrons. The first kappa shape index (κ1) is 18.7. The van der Waals surface area contributed by atoms with Crippen LogP contribution in [0.1, 0.15) is 18.7 Å². The second-order valence-electron chi connectivity index (χ2n) is 7.07. The zero-order chi connectivity index (χ0) is 19.5. The fourth-order valence-electron chi connectivity index (χ4n) is 3.60. The number of thiazole rings is 1. The third-order valence-electron chi connectivity index (χ3n) is 5.22. The zero-order valence-electron chi connectivity index (χ0n) is 16.2. The van der Waals surface area contributed by atoms with Crippen molar-refractivity contribution < 1.29 is 9.53 Å². The van der Waals surface area contributed by atoms with Gasteiger partial charge in [-0.15, -0.1) is 0 Å². The third kappa shape index (κ3) is 3.96. The summed E-state index contributed by atoms with van der Waals surface area (Å²) < 4.78 is 8.46. The number of aryl methyl sites for hydroxylation is 1. The number of hydrogen-bond donors (Lipinski definition) is 1. The highest BCUT2D eigenvalue weighted by atomic mass is 32.1. The molecule has 0 saturated carbocycles. The Balaban J connectivity index is 1.37. The van der Waals surface area contributed by atoms with Gasteiger partial charge in [0.1, 0.15) is 11.6 Å².